The number of nitrogens with one attached hydrogen (secondary N) is 3. The van der Waals surface area contributed by atoms with E-state index in [0.29, 0.717) is 0 Å². The Morgan fingerprint density at radius 1 is 1.39 bits per heavy atom. The van der Waals surface area contributed by atoms with Crippen LogP contribution in [-0.2, 0) is 4.79 Å². The molecule has 3 saturated carbocycles. The van der Waals surface area contributed by atoms with Crippen LogP contribution in [0.4, 0.5) is 14.0 Å². The van der Waals surface area contributed by atoms with Gasteiger partial charge < -0.3 is 15.7 Å². The van der Waals surface area contributed by atoms with E-state index in [1.807, 2.05) is 0 Å². The molecule has 7 nitrogen and oxygen atoms in total. The zero-order valence-electron chi connectivity index (χ0n) is 9.38. The molecule has 98 valence electrons. The molecule has 0 aromatic heterocycles. The molecule has 0 aromatic carbocycles. The van der Waals surface area contributed by atoms with Crippen molar-refractivity contribution in [3.63, 3.8) is 0 Å². The number of halogens is 1. The molecule has 0 aromatic rings. The quantitative estimate of drug-likeness (QED) is 0.522. The highest BCUT2D eigenvalue weighted by Crippen LogP contribution is 2.73. The van der Waals surface area contributed by atoms with Crippen LogP contribution in [0.3, 0.4) is 0 Å². The largest absolute Gasteiger partial charge is 0.465 e. The zero-order chi connectivity index (χ0) is 13.2. The van der Waals surface area contributed by atoms with Crippen LogP contribution < -0.4 is 16.0 Å². The second-order valence-electron chi connectivity index (χ2n) is 5.43. The molecule has 1 aliphatic heterocycles. The van der Waals surface area contributed by atoms with E-state index in [0.717, 1.165) is 0 Å². The highest BCUT2D eigenvalue weighted by atomic mass is 19.1. The third-order valence-corrected chi connectivity index (χ3v) is 4.32. The summed E-state index contributed by atoms with van der Waals surface area (Å²) in [6, 6.07) is -0.662. The van der Waals surface area contributed by atoms with Gasteiger partial charge in [-0.2, -0.15) is 0 Å². The lowest BCUT2D eigenvalue weighted by Gasteiger charge is -2.70. The average molecular weight is 257 g/mol. The molecule has 1 heterocycles. The lowest BCUT2D eigenvalue weighted by Crippen LogP contribution is -2.80. The molecule has 1 unspecified atom stereocenters. The number of carbonyl (C=O) groups is 3. The van der Waals surface area contributed by atoms with Crippen molar-refractivity contribution < 1.29 is 23.9 Å². The van der Waals surface area contributed by atoms with Gasteiger partial charge in [-0.1, -0.05) is 0 Å². The summed E-state index contributed by atoms with van der Waals surface area (Å²) < 4.78 is 13.6. The predicted molar refractivity (Wildman–Crippen MR) is 55.6 cm³/mol. The normalized spacial score (nSPS) is 44.5. The minimum Gasteiger partial charge on any atom is -0.465 e. The molecular formula is C10H12FN3O4. The summed E-state index contributed by atoms with van der Waals surface area (Å²) in [6.45, 7) is -0.240. The Bertz CT molecular complexity index is 460. The molecule has 4 N–H and O–H groups in total. The van der Waals surface area contributed by atoms with Crippen molar-refractivity contribution >= 4 is 18.0 Å². The van der Waals surface area contributed by atoms with E-state index in [4.69, 9.17) is 5.11 Å². The highest BCUT2D eigenvalue weighted by molar-refractivity contribution is 6.08. The minimum atomic E-state index is -1.35. The first-order valence-electron chi connectivity index (χ1n) is 5.60. The molecule has 4 aliphatic rings. The van der Waals surface area contributed by atoms with Gasteiger partial charge in [0.25, 0.3) is 5.91 Å². The third-order valence-electron chi connectivity index (χ3n) is 4.32. The Morgan fingerprint density at radius 3 is 2.39 bits per heavy atom. The van der Waals surface area contributed by atoms with E-state index in [2.05, 4.69) is 16.0 Å². The van der Waals surface area contributed by atoms with E-state index in [1.165, 1.54) is 0 Å². The maximum atomic E-state index is 13.6. The molecule has 4 rings (SSSR count). The van der Waals surface area contributed by atoms with Gasteiger partial charge in [0.1, 0.15) is 11.2 Å². The molecule has 4 amide bonds. The second kappa shape index (κ2) is 2.93. The van der Waals surface area contributed by atoms with Crippen LogP contribution in [0, 0.1) is 5.41 Å². The predicted octanol–water partition coefficient (Wildman–Crippen LogP) is -0.276. The van der Waals surface area contributed by atoms with E-state index < -0.39 is 34.7 Å². The topological polar surface area (TPSA) is 108 Å². The van der Waals surface area contributed by atoms with Crippen LogP contribution in [0.2, 0.25) is 0 Å². The second-order valence-corrected chi connectivity index (χ2v) is 5.43. The Morgan fingerprint density at radius 2 is 2.00 bits per heavy atom. The molecule has 1 atom stereocenters. The van der Waals surface area contributed by atoms with Crippen molar-refractivity contribution in [2.24, 2.45) is 5.41 Å². The van der Waals surface area contributed by atoms with Crippen molar-refractivity contribution in [2.75, 3.05) is 6.54 Å². The van der Waals surface area contributed by atoms with Gasteiger partial charge >= 0.3 is 12.1 Å². The number of urea groups is 1. The fourth-order valence-electron chi connectivity index (χ4n) is 3.50. The number of rotatable bonds is 3. The molecule has 18 heavy (non-hydrogen) atoms. The minimum absolute atomic E-state index is 0.189. The smallest absolute Gasteiger partial charge is 0.404 e. The van der Waals surface area contributed by atoms with Crippen molar-refractivity contribution in [1.29, 1.82) is 0 Å². The van der Waals surface area contributed by atoms with Crippen LogP contribution in [0.15, 0.2) is 0 Å². The molecule has 1 saturated heterocycles. The first kappa shape index (κ1) is 11.2. The van der Waals surface area contributed by atoms with Gasteiger partial charge in [-0.15, -0.1) is 0 Å². The maximum Gasteiger partial charge on any atom is 0.404 e. The lowest BCUT2D eigenvalue weighted by molar-refractivity contribution is -0.246. The average Bonchev–Trinajstić information content (AvgIpc) is 2.45. The van der Waals surface area contributed by atoms with Crippen LogP contribution in [0.25, 0.3) is 0 Å². The summed E-state index contributed by atoms with van der Waals surface area (Å²) in [5.74, 6) is -0.581. The van der Waals surface area contributed by atoms with Crippen LogP contribution in [-0.4, -0.2) is 40.9 Å². The Hall–Kier alpha value is -1.86. The van der Waals surface area contributed by atoms with Crippen molar-refractivity contribution in [3.05, 3.63) is 0 Å². The van der Waals surface area contributed by atoms with Crippen molar-refractivity contribution in [2.45, 2.75) is 30.5 Å². The van der Waals surface area contributed by atoms with Gasteiger partial charge in [-0.25, -0.2) is 14.0 Å². The van der Waals surface area contributed by atoms with Crippen molar-refractivity contribution in [3.8, 4) is 0 Å². The third kappa shape index (κ3) is 1.15. The Balaban J connectivity index is 1.87. The molecule has 4 fully saturated rings. The molecule has 8 heteroatoms. The van der Waals surface area contributed by atoms with E-state index in [-0.39, 0.29) is 25.8 Å². The van der Waals surface area contributed by atoms with Crippen LogP contribution in [0.1, 0.15) is 19.3 Å². The van der Waals surface area contributed by atoms with E-state index >= 15 is 0 Å². The van der Waals surface area contributed by atoms with Gasteiger partial charge in [-0.05, 0) is 19.3 Å². The van der Waals surface area contributed by atoms with Gasteiger partial charge in [0, 0.05) is 5.41 Å². The summed E-state index contributed by atoms with van der Waals surface area (Å²) in [6.07, 6.45) is -0.719. The summed E-state index contributed by atoms with van der Waals surface area (Å²) in [5, 5.41) is 15.3. The Kier molecular flexibility index (Phi) is 1.83. The van der Waals surface area contributed by atoms with Crippen LogP contribution in [0.5, 0.6) is 0 Å². The zero-order valence-corrected chi connectivity index (χ0v) is 9.38. The number of imide groups is 1. The first-order valence-corrected chi connectivity index (χ1v) is 5.60. The van der Waals surface area contributed by atoms with Gasteiger partial charge in [0.2, 0.25) is 0 Å². The van der Waals surface area contributed by atoms with Crippen molar-refractivity contribution in [1.82, 2.24) is 16.0 Å². The fourth-order valence-corrected chi connectivity index (χ4v) is 3.50. The number of amides is 4. The molecule has 0 spiro atoms. The lowest BCUT2D eigenvalue weighted by atomic mass is 9.36. The number of hydrogen-bond donors (Lipinski definition) is 4. The number of carbonyl (C=O) groups excluding carboxylic acids is 2. The van der Waals surface area contributed by atoms with E-state index in [1.54, 1.807) is 0 Å². The summed E-state index contributed by atoms with van der Waals surface area (Å²) >= 11 is 0. The standard InChI is InChI=1S/C10H12FN3O4/c11-9-1-8(2-9,3-9)10(4-12-7(17)18)5(15)13-6(16)14-10/h12H,1-4H2,(H,17,18)(H2,13,14,15,16). The molecular weight excluding hydrogens is 245 g/mol. The number of alkyl halides is 1. The number of hydrogen-bond acceptors (Lipinski definition) is 3. The summed E-state index contributed by atoms with van der Waals surface area (Å²) in [4.78, 5) is 33.8. The maximum absolute atomic E-state index is 13.6. The van der Waals surface area contributed by atoms with Gasteiger partial charge in [0.15, 0.2) is 0 Å². The Labute approximate surface area is 101 Å². The number of carboxylic acid groups (broad SMARTS) is 1. The monoisotopic (exact) mass is 257 g/mol. The SMILES string of the molecule is O=C(O)NCC1(C23CC(F)(C2)C3)NC(=O)NC1=O. The van der Waals surface area contributed by atoms with E-state index in [9.17, 15) is 18.8 Å². The van der Waals surface area contributed by atoms with Gasteiger partial charge in [-0.3, -0.25) is 10.1 Å². The van der Waals surface area contributed by atoms with Crippen LogP contribution >= 0.6 is 0 Å². The summed E-state index contributed by atoms with van der Waals surface area (Å²) in [7, 11) is 0. The first-order chi connectivity index (χ1) is 8.31. The highest BCUT2D eigenvalue weighted by Gasteiger charge is 2.79. The fraction of sp³-hybridized carbons (Fsp3) is 0.700. The van der Waals surface area contributed by atoms with Gasteiger partial charge in [0.05, 0.1) is 6.54 Å². The molecule has 2 bridgehead atoms. The molecule has 3 aliphatic carbocycles. The molecule has 0 radical (unpaired) electrons. The summed E-state index contributed by atoms with van der Waals surface area (Å²) in [5.41, 5.74) is -3.24.